The SMILES string of the molecule is Cc1cc(/C=C2\C(=O)N(C(c3ccccc3)c3ccccc3)c3ccccc32)c2c(C)ccc(C(C)C)cc1-2. The van der Waals surface area contributed by atoms with E-state index in [2.05, 4.69) is 94.4 Å². The van der Waals surface area contributed by atoms with E-state index in [-0.39, 0.29) is 11.9 Å². The quantitative estimate of drug-likeness (QED) is 0.217. The van der Waals surface area contributed by atoms with Gasteiger partial charge in [-0.1, -0.05) is 117 Å². The molecular weight excluding hydrogens is 474 g/mol. The molecule has 0 spiro atoms. The molecular formula is C37H33NO. The minimum atomic E-state index is -0.224. The van der Waals surface area contributed by atoms with Crippen LogP contribution < -0.4 is 4.90 Å². The van der Waals surface area contributed by atoms with Crippen molar-refractivity contribution in [3.05, 3.63) is 148 Å². The number of rotatable bonds is 5. The Hall–Kier alpha value is -4.43. The summed E-state index contributed by atoms with van der Waals surface area (Å²) in [6, 6.07) is 37.6. The second kappa shape index (κ2) is 10.0. The van der Waals surface area contributed by atoms with E-state index in [1.54, 1.807) is 0 Å². The highest BCUT2D eigenvalue weighted by Gasteiger charge is 2.38. The van der Waals surface area contributed by atoms with Crippen LogP contribution in [0.3, 0.4) is 0 Å². The first-order chi connectivity index (χ1) is 18.9. The van der Waals surface area contributed by atoms with E-state index in [4.69, 9.17) is 0 Å². The van der Waals surface area contributed by atoms with Gasteiger partial charge in [0.05, 0.1) is 11.7 Å². The first-order valence-corrected chi connectivity index (χ1v) is 13.7. The molecule has 1 heterocycles. The fourth-order valence-corrected chi connectivity index (χ4v) is 5.93. The Morgan fingerprint density at radius 3 is 1.90 bits per heavy atom. The maximum atomic E-state index is 14.4. The largest absolute Gasteiger partial charge is 0.296 e. The lowest BCUT2D eigenvalue weighted by atomic mass is 9.97. The second-order valence-corrected chi connectivity index (χ2v) is 10.9. The summed E-state index contributed by atoms with van der Waals surface area (Å²) in [5, 5.41) is 0. The number of carbonyl (C=O) groups is 1. The summed E-state index contributed by atoms with van der Waals surface area (Å²) in [6.45, 7) is 8.81. The summed E-state index contributed by atoms with van der Waals surface area (Å²) in [5.41, 5.74) is 12.2. The van der Waals surface area contributed by atoms with Crippen molar-refractivity contribution >= 4 is 23.2 Å². The van der Waals surface area contributed by atoms with E-state index in [0.29, 0.717) is 5.92 Å². The van der Waals surface area contributed by atoms with Crippen molar-refractivity contribution in [1.82, 2.24) is 0 Å². The number of benzene rings is 3. The van der Waals surface area contributed by atoms with Gasteiger partial charge in [-0.2, -0.15) is 0 Å². The Morgan fingerprint density at radius 1 is 0.641 bits per heavy atom. The standard InChI is InChI=1S/C37H33NO/c1-24(2)29-20-19-25(3)35-30(21-26(4)32(35)22-29)23-33-31-17-11-12-18-34(31)38(37(33)39)36(27-13-7-5-8-14-27)28-15-9-6-10-16-28/h5-24,36H,1-4H3/b33-23-. The van der Waals surface area contributed by atoms with Crippen LogP contribution >= 0.6 is 0 Å². The van der Waals surface area contributed by atoms with Crippen LogP contribution in [-0.4, -0.2) is 5.91 Å². The normalized spacial score (nSPS) is 14.2. The molecule has 2 heteroatoms. The topological polar surface area (TPSA) is 20.3 Å². The Labute approximate surface area is 231 Å². The van der Waals surface area contributed by atoms with Crippen molar-refractivity contribution in [3.63, 3.8) is 0 Å². The molecule has 3 aliphatic rings. The Morgan fingerprint density at radius 2 is 1.26 bits per heavy atom. The predicted octanol–water partition coefficient (Wildman–Crippen LogP) is 9.21. The lowest BCUT2D eigenvalue weighted by Gasteiger charge is -2.29. The van der Waals surface area contributed by atoms with Gasteiger partial charge < -0.3 is 0 Å². The third-order valence-corrected chi connectivity index (χ3v) is 7.94. The second-order valence-electron chi connectivity index (χ2n) is 10.9. The van der Waals surface area contributed by atoms with Crippen LogP contribution in [0.2, 0.25) is 0 Å². The van der Waals surface area contributed by atoms with Gasteiger partial charge in [0, 0.05) is 11.1 Å². The molecule has 0 N–H and O–H groups in total. The van der Waals surface area contributed by atoms with Crippen LogP contribution in [0.4, 0.5) is 5.69 Å². The molecule has 0 unspecified atom stereocenters. The zero-order chi connectivity index (χ0) is 27.1. The van der Waals surface area contributed by atoms with E-state index in [9.17, 15) is 4.79 Å². The minimum absolute atomic E-state index is 0.0294. The summed E-state index contributed by atoms with van der Waals surface area (Å²) in [5.74, 6) is 0.475. The van der Waals surface area contributed by atoms with E-state index in [1.807, 2.05) is 53.4 Å². The van der Waals surface area contributed by atoms with Crippen LogP contribution in [0.25, 0.3) is 22.8 Å². The molecule has 39 heavy (non-hydrogen) atoms. The van der Waals surface area contributed by atoms with Gasteiger partial charge in [-0.25, -0.2) is 0 Å². The van der Waals surface area contributed by atoms with Gasteiger partial charge in [-0.3, -0.25) is 9.69 Å². The molecule has 0 fully saturated rings. The van der Waals surface area contributed by atoms with Crippen LogP contribution in [0, 0.1) is 13.8 Å². The summed E-state index contributed by atoms with van der Waals surface area (Å²) in [6.07, 6.45) is 2.12. The third kappa shape index (κ3) is 4.36. The van der Waals surface area contributed by atoms with E-state index in [0.717, 1.165) is 33.5 Å². The molecule has 1 aliphatic heterocycles. The van der Waals surface area contributed by atoms with E-state index < -0.39 is 0 Å². The summed E-state index contributed by atoms with van der Waals surface area (Å²) in [4.78, 5) is 16.4. The first-order valence-electron chi connectivity index (χ1n) is 13.7. The lowest BCUT2D eigenvalue weighted by Crippen LogP contribution is -2.32. The highest BCUT2D eigenvalue weighted by molar-refractivity contribution is 6.36. The van der Waals surface area contributed by atoms with Gasteiger partial charge in [0.15, 0.2) is 0 Å². The lowest BCUT2D eigenvalue weighted by molar-refractivity contribution is -0.113. The van der Waals surface area contributed by atoms with Crippen LogP contribution in [0.15, 0.2) is 109 Å². The summed E-state index contributed by atoms with van der Waals surface area (Å²) >= 11 is 0. The van der Waals surface area contributed by atoms with E-state index >= 15 is 0 Å². The number of aryl methyl sites for hydroxylation is 2. The molecule has 3 aromatic carbocycles. The molecule has 0 aromatic heterocycles. The van der Waals surface area contributed by atoms with Gasteiger partial charge in [0.25, 0.3) is 5.91 Å². The highest BCUT2D eigenvalue weighted by atomic mass is 16.2. The van der Waals surface area contributed by atoms with Crippen molar-refractivity contribution in [1.29, 1.82) is 0 Å². The van der Waals surface area contributed by atoms with Gasteiger partial charge in [0.1, 0.15) is 0 Å². The molecule has 0 atom stereocenters. The van der Waals surface area contributed by atoms with Crippen molar-refractivity contribution < 1.29 is 4.79 Å². The number of fused-ring (bicyclic) bond motifs is 2. The molecule has 0 saturated heterocycles. The molecule has 6 rings (SSSR count). The van der Waals surface area contributed by atoms with Crippen molar-refractivity contribution in [2.45, 2.75) is 39.7 Å². The highest BCUT2D eigenvalue weighted by Crippen LogP contribution is 2.46. The first kappa shape index (κ1) is 24.9. The molecule has 0 bridgehead atoms. The molecule has 2 nitrogen and oxygen atoms in total. The Kier molecular flexibility index (Phi) is 6.40. The molecule has 0 radical (unpaired) electrons. The van der Waals surface area contributed by atoms with Crippen molar-refractivity contribution in [2.24, 2.45) is 0 Å². The predicted molar refractivity (Wildman–Crippen MR) is 163 cm³/mol. The Balaban J connectivity index is 1.53. The van der Waals surface area contributed by atoms with Gasteiger partial charge >= 0.3 is 0 Å². The molecule has 3 aromatic rings. The summed E-state index contributed by atoms with van der Waals surface area (Å²) in [7, 11) is 0. The van der Waals surface area contributed by atoms with Crippen molar-refractivity contribution in [2.75, 3.05) is 4.90 Å². The number of anilines is 1. The number of nitrogens with zero attached hydrogens (tertiary/aromatic N) is 1. The molecule has 0 saturated carbocycles. The maximum Gasteiger partial charge on any atom is 0.259 e. The fourth-order valence-electron chi connectivity index (χ4n) is 5.93. The van der Waals surface area contributed by atoms with Gasteiger partial charge in [0.2, 0.25) is 0 Å². The zero-order valence-corrected chi connectivity index (χ0v) is 23.0. The Bertz CT molecular complexity index is 1620. The van der Waals surface area contributed by atoms with Crippen LogP contribution in [-0.2, 0) is 4.79 Å². The summed E-state index contributed by atoms with van der Waals surface area (Å²) < 4.78 is 0. The van der Waals surface area contributed by atoms with Crippen molar-refractivity contribution in [3.8, 4) is 11.1 Å². The number of amides is 1. The minimum Gasteiger partial charge on any atom is -0.296 e. The van der Waals surface area contributed by atoms with Gasteiger partial charge in [-0.05, 0) is 76.4 Å². The van der Waals surface area contributed by atoms with E-state index in [1.165, 1.54) is 27.8 Å². The number of carbonyl (C=O) groups excluding carboxylic acids is 1. The zero-order valence-electron chi connectivity index (χ0n) is 23.0. The number of hydrogen-bond acceptors (Lipinski definition) is 1. The molecule has 192 valence electrons. The number of hydrogen-bond donors (Lipinski definition) is 0. The monoisotopic (exact) mass is 507 g/mol. The maximum absolute atomic E-state index is 14.4. The fraction of sp³-hybridized carbons (Fsp3) is 0.162. The van der Waals surface area contributed by atoms with Crippen LogP contribution in [0.1, 0.15) is 64.8 Å². The molecule has 1 amide bonds. The van der Waals surface area contributed by atoms with Gasteiger partial charge in [-0.15, -0.1) is 0 Å². The van der Waals surface area contributed by atoms with Crippen LogP contribution in [0.5, 0.6) is 0 Å². The third-order valence-electron chi connectivity index (χ3n) is 7.94. The average Bonchev–Trinajstić information content (AvgIpc) is 3.32. The molecule has 2 aliphatic carbocycles. The smallest absolute Gasteiger partial charge is 0.259 e. The average molecular weight is 508 g/mol. The number of para-hydroxylation sites is 1.